The number of fused-ring (bicyclic) bond motifs is 1. The van der Waals surface area contributed by atoms with Crippen LogP contribution in [0.1, 0.15) is 38.5 Å². The number of aryl methyl sites for hydroxylation is 2. The summed E-state index contributed by atoms with van der Waals surface area (Å²) in [4.78, 5) is 14.4. The average molecular weight is 287 g/mol. The van der Waals surface area contributed by atoms with Crippen molar-refractivity contribution in [2.45, 2.75) is 32.3 Å². The summed E-state index contributed by atoms with van der Waals surface area (Å²) in [6, 6.07) is 9.33. The number of carbonyl (C=O) groups excluding carboxylic acids is 1. The van der Waals surface area contributed by atoms with Gasteiger partial charge in [0.15, 0.2) is 0 Å². The SMILES string of the molecule is O=C(Nc1cccc(CO)c1)c1cc2c(s1)CCCC2. The molecule has 1 aromatic carbocycles. The van der Waals surface area contributed by atoms with Gasteiger partial charge in [0.1, 0.15) is 0 Å². The highest BCUT2D eigenvalue weighted by Gasteiger charge is 2.17. The molecule has 1 aliphatic carbocycles. The highest BCUT2D eigenvalue weighted by Crippen LogP contribution is 2.30. The first-order chi connectivity index (χ1) is 9.76. The zero-order chi connectivity index (χ0) is 13.9. The fourth-order valence-corrected chi connectivity index (χ4v) is 3.69. The van der Waals surface area contributed by atoms with Gasteiger partial charge in [-0.2, -0.15) is 0 Å². The molecule has 0 unspecified atom stereocenters. The molecule has 0 saturated heterocycles. The number of anilines is 1. The number of hydrogen-bond acceptors (Lipinski definition) is 3. The second-order valence-corrected chi connectivity index (χ2v) is 6.22. The number of amides is 1. The molecule has 0 bridgehead atoms. The van der Waals surface area contributed by atoms with Crippen LogP contribution in [0.15, 0.2) is 30.3 Å². The number of carbonyl (C=O) groups is 1. The van der Waals surface area contributed by atoms with E-state index in [4.69, 9.17) is 5.11 Å². The van der Waals surface area contributed by atoms with Gasteiger partial charge in [0, 0.05) is 10.6 Å². The Morgan fingerprint density at radius 3 is 2.90 bits per heavy atom. The molecular formula is C16H17NO2S. The summed E-state index contributed by atoms with van der Waals surface area (Å²) in [5, 5.41) is 12.0. The molecule has 1 heterocycles. The maximum absolute atomic E-state index is 12.3. The quantitative estimate of drug-likeness (QED) is 0.909. The molecule has 0 atom stereocenters. The van der Waals surface area contributed by atoms with E-state index in [-0.39, 0.29) is 12.5 Å². The zero-order valence-electron chi connectivity index (χ0n) is 11.2. The molecule has 1 amide bonds. The summed E-state index contributed by atoms with van der Waals surface area (Å²) in [5.41, 5.74) is 2.87. The van der Waals surface area contributed by atoms with Crippen molar-refractivity contribution in [3.63, 3.8) is 0 Å². The molecule has 3 rings (SSSR count). The Labute approximate surface area is 122 Å². The smallest absolute Gasteiger partial charge is 0.265 e. The van der Waals surface area contributed by atoms with Crippen LogP contribution in [0.4, 0.5) is 5.69 Å². The summed E-state index contributed by atoms with van der Waals surface area (Å²) in [6.07, 6.45) is 4.66. The predicted molar refractivity (Wildman–Crippen MR) is 81.3 cm³/mol. The number of nitrogens with one attached hydrogen (secondary N) is 1. The standard InChI is InChI=1S/C16H17NO2S/c18-10-11-4-3-6-13(8-11)17-16(19)15-9-12-5-1-2-7-14(12)20-15/h3-4,6,8-9,18H,1-2,5,7,10H2,(H,17,19). The van der Waals surface area contributed by atoms with Gasteiger partial charge in [0.2, 0.25) is 0 Å². The molecular weight excluding hydrogens is 270 g/mol. The zero-order valence-corrected chi connectivity index (χ0v) is 12.0. The summed E-state index contributed by atoms with van der Waals surface area (Å²) in [6.45, 7) is -0.0169. The first kappa shape index (κ1) is 13.3. The van der Waals surface area contributed by atoms with Crippen LogP contribution in [-0.4, -0.2) is 11.0 Å². The molecule has 0 aliphatic heterocycles. The van der Waals surface area contributed by atoms with Crippen LogP contribution in [0.5, 0.6) is 0 Å². The van der Waals surface area contributed by atoms with E-state index in [2.05, 4.69) is 5.32 Å². The number of aliphatic hydroxyl groups is 1. The Morgan fingerprint density at radius 2 is 2.10 bits per heavy atom. The second kappa shape index (κ2) is 5.77. The van der Waals surface area contributed by atoms with Gasteiger partial charge in [-0.1, -0.05) is 12.1 Å². The van der Waals surface area contributed by atoms with Gasteiger partial charge in [-0.15, -0.1) is 11.3 Å². The van der Waals surface area contributed by atoms with Crippen molar-refractivity contribution in [3.8, 4) is 0 Å². The largest absolute Gasteiger partial charge is 0.392 e. The third kappa shape index (κ3) is 2.76. The lowest BCUT2D eigenvalue weighted by molar-refractivity contribution is 0.103. The lowest BCUT2D eigenvalue weighted by Gasteiger charge is -2.08. The van der Waals surface area contributed by atoms with E-state index in [1.807, 2.05) is 24.3 Å². The van der Waals surface area contributed by atoms with Gasteiger partial charge in [0.25, 0.3) is 5.91 Å². The summed E-state index contributed by atoms with van der Waals surface area (Å²) < 4.78 is 0. The Kier molecular flexibility index (Phi) is 3.85. The molecule has 2 aromatic rings. The van der Waals surface area contributed by atoms with Crippen LogP contribution in [0.25, 0.3) is 0 Å². The Balaban J connectivity index is 1.77. The van der Waals surface area contributed by atoms with E-state index in [0.29, 0.717) is 0 Å². The van der Waals surface area contributed by atoms with Crippen LogP contribution in [0.2, 0.25) is 0 Å². The highest BCUT2D eigenvalue weighted by atomic mass is 32.1. The molecule has 0 saturated carbocycles. The van der Waals surface area contributed by atoms with Crippen molar-refractivity contribution < 1.29 is 9.90 Å². The van der Waals surface area contributed by atoms with Crippen molar-refractivity contribution in [2.24, 2.45) is 0 Å². The maximum Gasteiger partial charge on any atom is 0.265 e. The van der Waals surface area contributed by atoms with Crippen LogP contribution >= 0.6 is 11.3 Å². The fraction of sp³-hybridized carbons (Fsp3) is 0.312. The van der Waals surface area contributed by atoms with Gasteiger partial charge < -0.3 is 10.4 Å². The molecule has 20 heavy (non-hydrogen) atoms. The topological polar surface area (TPSA) is 49.3 Å². The third-order valence-corrected chi connectivity index (χ3v) is 4.82. The van der Waals surface area contributed by atoms with E-state index < -0.39 is 0 Å². The fourth-order valence-electron chi connectivity index (χ4n) is 2.54. The normalized spacial score (nSPS) is 13.8. The van der Waals surface area contributed by atoms with E-state index in [9.17, 15) is 4.79 Å². The van der Waals surface area contributed by atoms with E-state index >= 15 is 0 Å². The van der Waals surface area contributed by atoms with Crippen molar-refractivity contribution >= 4 is 22.9 Å². The molecule has 0 radical (unpaired) electrons. The van der Waals surface area contributed by atoms with E-state index in [1.54, 1.807) is 17.4 Å². The van der Waals surface area contributed by atoms with Crippen molar-refractivity contribution in [2.75, 3.05) is 5.32 Å². The number of hydrogen-bond donors (Lipinski definition) is 2. The molecule has 1 aliphatic rings. The summed E-state index contributed by atoms with van der Waals surface area (Å²) in [5.74, 6) is -0.0560. The second-order valence-electron chi connectivity index (χ2n) is 5.08. The monoisotopic (exact) mass is 287 g/mol. The van der Waals surface area contributed by atoms with Crippen LogP contribution < -0.4 is 5.32 Å². The van der Waals surface area contributed by atoms with Gasteiger partial charge in [-0.05, 0) is 55.0 Å². The Morgan fingerprint density at radius 1 is 1.25 bits per heavy atom. The van der Waals surface area contributed by atoms with Crippen molar-refractivity contribution in [3.05, 3.63) is 51.2 Å². The predicted octanol–water partition coefficient (Wildman–Crippen LogP) is 3.37. The summed E-state index contributed by atoms with van der Waals surface area (Å²) in [7, 11) is 0. The highest BCUT2D eigenvalue weighted by molar-refractivity contribution is 7.14. The lowest BCUT2D eigenvalue weighted by atomic mass is 9.99. The molecule has 104 valence electrons. The van der Waals surface area contributed by atoms with Crippen LogP contribution in [0, 0.1) is 0 Å². The van der Waals surface area contributed by atoms with Gasteiger partial charge in [-0.3, -0.25) is 4.79 Å². The molecule has 0 fully saturated rings. The minimum Gasteiger partial charge on any atom is -0.392 e. The van der Waals surface area contributed by atoms with Gasteiger partial charge >= 0.3 is 0 Å². The molecule has 0 spiro atoms. The first-order valence-electron chi connectivity index (χ1n) is 6.89. The van der Waals surface area contributed by atoms with E-state index in [0.717, 1.165) is 29.0 Å². The molecule has 2 N–H and O–H groups in total. The maximum atomic E-state index is 12.3. The number of rotatable bonds is 3. The average Bonchev–Trinajstić information content (AvgIpc) is 2.91. The minimum atomic E-state index is -0.0560. The number of thiophene rings is 1. The Hall–Kier alpha value is -1.65. The minimum absolute atomic E-state index is 0.0169. The van der Waals surface area contributed by atoms with Gasteiger partial charge in [0.05, 0.1) is 11.5 Å². The summed E-state index contributed by atoms with van der Waals surface area (Å²) >= 11 is 1.61. The van der Waals surface area contributed by atoms with Crippen molar-refractivity contribution in [1.29, 1.82) is 0 Å². The van der Waals surface area contributed by atoms with Crippen molar-refractivity contribution in [1.82, 2.24) is 0 Å². The lowest BCUT2D eigenvalue weighted by Crippen LogP contribution is -2.10. The molecule has 1 aromatic heterocycles. The third-order valence-electron chi connectivity index (χ3n) is 3.59. The van der Waals surface area contributed by atoms with Crippen LogP contribution in [-0.2, 0) is 19.4 Å². The van der Waals surface area contributed by atoms with E-state index in [1.165, 1.54) is 23.3 Å². The first-order valence-corrected chi connectivity index (χ1v) is 7.70. The number of aliphatic hydroxyl groups excluding tert-OH is 1. The Bertz CT molecular complexity index is 610. The number of benzene rings is 1. The molecule has 3 nitrogen and oxygen atoms in total. The van der Waals surface area contributed by atoms with Crippen LogP contribution in [0.3, 0.4) is 0 Å². The molecule has 4 heteroatoms. The van der Waals surface area contributed by atoms with Gasteiger partial charge in [-0.25, -0.2) is 0 Å².